The summed E-state index contributed by atoms with van der Waals surface area (Å²) in [6.07, 6.45) is 0.587. The Morgan fingerprint density at radius 1 is 0.828 bits per heavy atom. The molecule has 0 radical (unpaired) electrons. The smallest absolute Gasteiger partial charge is 0.180 e. The molecule has 3 heteroatoms. The SMILES string of the molecule is CC(C#Cc1ccc(Cl)cc1)(CCC(=O)c1ccccc1)C(=O)c1ccccc1. The van der Waals surface area contributed by atoms with Gasteiger partial charge in [-0.05, 0) is 37.6 Å². The molecule has 0 fully saturated rings. The maximum Gasteiger partial charge on any atom is 0.180 e. The van der Waals surface area contributed by atoms with Crippen molar-refractivity contribution in [2.24, 2.45) is 5.41 Å². The van der Waals surface area contributed by atoms with Crippen LogP contribution >= 0.6 is 11.6 Å². The summed E-state index contributed by atoms with van der Waals surface area (Å²) in [6, 6.07) is 25.4. The maximum absolute atomic E-state index is 13.3. The fraction of sp³-hybridized carbons (Fsp3) is 0.154. The second-order valence-electron chi connectivity index (χ2n) is 7.07. The van der Waals surface area contributed by atoms with Crippen molar-refractivity contribution in [3.8, 4) is 11.8 Å². The molecule has 0 bridgehead atoms. The quantitative estimate of drug-likeness (QED) is 0.362. The Morgan fingerprint density at radius 3 is 1.97 bits per heavy atom. The summed E-state index contributed by atoms with van der Waals surface area (Å²) < 4.78 is 0. The first-order valence-electron chi connectivity index (χ1n) is 9.45. The van der Waals surface area contributed by atoms with Crippen LogP contribution in [0.2, 0.25) is 5.02 Å². The molecule has 3 rings (SSSR count). The molecule has 0 amide bonds. The number of hydrogen-bond donors (Lipinski definition) is 0. The summed E-state index contributed by atoms with van der Waals surface area (Å²) >= 11 is 5.94. The van der Waals surface area contributed by atoms with Crippen molar-refractivity contribution >= 4 is 23.2 Å². The molecule has 0 aliphatic carbocycles. The van der Waals surface area contributed by atoms with E-state index < -0.39 is 5.41 Å². The minimum absolute atomic E-state index is 0.00554. The molecule has 144 valence electrons. The van der Waals surface area contributed by atoms with Crippen molar-refractivity contribution in [1.29, 1.82) is 0 Å². The Labute approximate surface area is 176 Å². The van der Waals surface area contributed by atoms with Crippen LogP contribution < -0.4 is 0 Å². The number of rotatable bonds is 6. The second-order valence-corrected chi connectivity index (χ2v) is 7.51. The van der Waals surface area contributed by atoms with E-state index >= 15 is 0 Å². The second kappa shape index (κ2) is 9.37. The molecule has 0 spiro atoms. The van der Waals surface area contributed by atoms with Crippen LogP contribution in [0.3, 0.4) is 0 Å². The van der Waals surface area contributed by atoms with Crippen LogP contribution in [0, 0.1) is 17.3 Å². The standard InChI is InChI=1S/C26H21ClO2/c1-26(25(29)22-10-6-3-7-11-22,18-16-20-12-14-23(27)15-13-20)19-17-24(28)21-8-4-2-5-9-21/h2-15H,17,19H2,1H3. The first kappa shape index (κ1) is 20.6. The number of benzene rings is 3. The van der Waals surface area contributed by atoms with Gasteiger partial charge in [-0.1, -0.05) is 84.1 Å². The molecule has 0 saturated carbocycles. The molecule has 0 aliphatic rings. The van der Waals surface area contributed by atoms with Crippen molar-refractivity contribution in [2.45, 2.75) is 19.8 Å². The molecule has 0 saturated heterocycles. The Balaban J connectivity index is 1.87. The molecule has 0 N–H and O–H groups in total. The fourth-order valence-corrected chi connectivity index (χ4v) is 3.14. The van der Waals surface area contributed by atoms with Gasteiger partial charge in [0.1, 0.15) is 0 Å². The summed E-state index contributed by atoms with van der Waals surface area (Å²) in [5.41, 5.74) is 1.03. The van der Waals surface area contributed by atoms with Crippen LogP contribution in [0.25, 0.3) is 0 Å². The molecule has 2 nitrogen and oxygen atoms in total. The molecule has 3 aromatic rings. The van der Waals surface area contributed by atoms with E-state index in [-0.39, 0.29) is 18.0 Å². The van der Waals surface area contributed by atoms with Gasteiger partial charge in [0, 0.05) is 28.1 Å². The zero-order valence-electron chi connectivity index (χ0n) is 16.2. The number of ketones is 2. The zero-order chi connectivity index (χ0) is 20.7. The van der Waals surface area contributed by atoms with E-state index in [9.17, 15) is 9.59 Å². The van der Waals surface area contributed by atoms with Gasteiger partial charge in [-0.25, -0.2) is 0 Å². The first-order valence-corrected chi connectivity index (χ1v) is 9.83. The number of Topliss-reactive ketones (excluding diaryl/α,β-unsaturated/α-hetero) is 2. The van der Waals surface area contributed by atoms with Crippen LogP contribution in [0.4, 0.5) is 0 Å². The lowest BCUT2D eigenvalue weighted by Gasteiger charge is -2.22. The highest BCUT2D eigenvalue weighted by Crippen LogP contribution is 2.29. The molecule has 0 aromatic heterocycles. The van der Waals surface area contributed by atoms with Gasteiger partial charge in [0.15, 0.2) is 11.6 Å². The van der Waals surface area contributed by atoms with Crippen LogP contribution in [0.5, 0.6) is 0 Å². The van der Waals surface area contributed by atoms with Gasteiger partial charge >= 0.3 is 0 Å². The number of carbonyl (C=O) groups is 2. The molecule has 0 aliphatic heterocycles. The van der Waals surface area contributed by atoms with E-state index in [0.717, 1.165) is 5.56 Å². The number of carbonyl (C=O) groups excluding carboxylic acids is 2. The largest absolute Gasteiger partial charge is 0.294 e. The Hall–Kier alpha value is -3.15. The third-order valence-corrected chi connectivity index (χ3v) is 5.06. The monoisotopic (exact) mass is 400 g/mol. The van der Waals surface area contributed by atoms with Gasteiger partial charge < -0.3 is 0 Å². The topological polar surface area (TPSA) is 34.1 Å². The van der Waals surface area contributed by atoms with E-state index in [1.165, 1.54) is 0 Å². The third kappa shape index (κ3) is 5.44. The number of hydrogen-bond acceptors (Lipinski definition) is 2. The minimum Gasteiger partial charge on any atom is -0.294 e. The zero-order valence-corrected chi connectivity index (χ0v) is 16.9. The Kier molecular flexibility index (Phi) is 6.65. The van der Waals surface area contributed by atoms with Crippen LogP contribution in [-0.4, -0.2) is 11.6 Å². The predicted molar refractivity (Wildman–Crippen MR) is 117 cm³/mol. The van der Waals surface area contributed by atoms with E-state index in [4.69, 9.17) is 11.6 Å². The molecular weight excluding hydrogens is 380 g/mol. The first-order chi connectivity index (χ1) is 14.0. The molecule has 1 unspecified atom stereocenters. The van der Waals surface area contributed by atoms with Crippen LogP contribution in [-0.2, 0) is 0 Å². The van der Waals surface area contributed by atoms with E-state index in [1.807, 2.05) is 55.5 Å². The lowest BCUT2D eigenvalue weighted by molar-refractivity contribution is 0.0853. The van der Waals surface area contributed by atoms with Crippen molar-refractivity contribution in [3.63, 3.8) is 0 Å². The van der Waals surface area contributed by atoms with Gasteiger partial charge in [-0.15, -0.1) is 0 Å². The highest BCUT2D eigenvalue weighted by atomic mass is 35.5. The normalized spacial score (nSPS) is 12.3. The minimum atomic E-state index is -0.981. The van der Waals surface area contributed by atoms with E-state index in [2.05, 4.69) is 11.8 Å². The highest BCUT2D eigenvalue weighted by Gasteiger charge is 2.32. The van der Waals surface area contributed by atoms with Crippen LogP contribution in [0.1, 0.15) is 46.0 Å². The van der Waals surface area contributed by atoms with E-state index in [1.54, 1.807) is 36.4 Å². The van der Waals surface area contributed by atoms with Gasteiger partial charge in [0.05, 0.1) is 5.41 Å². The molecule has 0 heterocycles. The van der Waals surface area contributed by atoms with Gasteiger partial charge in [-0.3, -0.25) is 9.59 Å². The lowest BCUT2D eigenvalue weighted by Crippen LogP contribution is -2.27. The fourth-order valence-electron chi connectivity index (χ4n) is 3.02. The number of halogens is 1. The van der Waals surface area contributed by atoms with Crippen molar-refractivity contribution in [3.05, 3.63) is 107 Å². The maximum atomic E-state index is 13.3. The van der Waals surface area contributed by atoms with Gasteiger partial charge in [0.25, 0.3) is 0 Å². The summed E-state index contributed by atoms with van der Waals surface area (Å²) in [7, 11) is 0. The third-order valence-electron chi connectivity index (χ3n) is 4.81. The van der Waals surface area contributed by atoms with Crippen molar-refractivity contribution in [1.82, 2.24) is 0 Å². The van der Waals surface area contributed by atoms with Crippen molar-refractivity contribution < 1.29 is 9.59 Å². The van der Waals surface area contributed by atoms with E-state index in [0.29, 0.717) is 22.6 Å². The van der Waals surface area contributed by atoms with Crippen molar-refractivity contribution in [2.75, 3.05) is 0 Å². The summed E-state index contributed by atoms with van der Waals surface area (Å²) in [6.45, 7) is 1.81. The lowest BCUT2D eigenvalue weighted by atomic mass is 9.78. The highest BCUT2D eigenvalue weighted by molar-refractivity contribution is 6.30. The molecule has 3 aromatic carbocycles. The summed E-state index contributed by atoms with van der Waals surface area (Å²) in [5.74, 6) is 6.15. The Morgan fingerprint density at radius 2 is 1.38 bits per heavy atom. The summed E-state index contributed by atoms with van der Waals surface area (Å²) in [5, 5.41) is 0.632. The molecule has 1 atom stereocenters. The van der Waals surface area contributed by atoms with Gasteiger partial charge in [0.2, 0.25) is 0 Å². The van der Waals surface area contributed by atoms with Crippen LogP contribution in [0.15, 0.2) is 84.9 Å². The Bertz CT molecular complexity index is 1040. The predicted octanol–water partition coefficient (Wildman–Crippen LogP) is 6.24. The molecular formula is C26H21ClO2. The van der Waals surface area contributed by atoms with Gasteiger partial charge in [-0.2, -0.15) is 0 Å². The average Bonchev–Trinajstić information content (AvgIpc) is 2.78. The summed E-state index contributed by atoms with van der Waals surface area (Å²) in [4.78, 5) is 25.8. The average molecular weight is 401 g/mol. The molecule has 29 heavy (non-hydrogen) atoms.